The maximum Gasteiger partial charge on any atom is 0.255 e. The van der Waals surface area contributed by atoms with Gasteiger partial charge in [-0.15, -0.1) is 24.8 Å². The number of rotatable bonds is 3. The fraction of sp³-hybridized carbons (Fsp3) is 0.333. The number of halogens is 2. The minimum atomic E-state index is -0.471. The van der Waals surface area contributed by atoms with Crippen LogP contribution in [0.2, 0.25) is 0 Å². The van der Waals surface area contributed by atoms with Gasteiger partial charge < -0.3 is 20.1 Å². The molecule has 1 aromatic heterocycles. The number of fused-ring (bicyclic) bond motifs is 1. The summed E-state index contributed by atoms with van der Waals surface area (Å²) < 4.78 is 11.0. The van der Waals surface area contributed by atoms with E-state index in [4.69, 9.17) is 9.47 Å². The van der Waals surface area contributed by atoms with Crippen molar-refractivity contribution < 1.29 is 14.3 Å². The molecular formula is C18H21Cl2N3O3. The minimum Gasteiger partial charge on any atom is -0.493 e. The molecule has 8 heteroatoms. The fourth-order valence-corrected chi connectivity index (χ4v) is 2.95. The molecule has 2 aliphatic heterocycles. The van der Waals surface area contributed by atoms with Crippen LogP contribution in [0.5, 0.6) is 5.75 Å². The molecule has 0 spiro atoms. The molecule has 1 aromatic carbocycles. The highest BCUT2D eigenvalue weighted by molar-refractivity contribution is 5.93. The van der Waals surface area contributed by atoms with E-state index in [9.17, 15) is 4.79 Å². The summed E-state index contributed by atoms with van der Waals surface area (Å²) in [6, 6.07) is 11.7. The smallest absolute Gasteiger partial charge is 0.255 e. The van der Waals surface area contributed by atoms with Crippen LogP contribution in [-0.4, -0.2) is 43.3 Å². The molecule has 140 valence electrons. The van der Waals surface area contributed by atoms with Crippen LogP contribution < -0.4 is 15.4 Å². The van der Waals surface area contributed by atoms with Gasteiger partial charge in [0.2, 0.25) is 0 Å². The fourth-order valence-electron chi connectivity index (χ4n) is 2.95. The van der Waals surface area contributed by atoms with Gasteiger partial charge in [-0.05, 0) is 35.9 Å². The molecule has 1 atom stereocenters. The Kier molecular flexibility index (Phi) is 7.23. The Morgan fingerprint density at radius 1 is 1.19 bits per heavy atom. The topological polar surface area (TPSA) is 72.5 Å². The van der Waals surface area contributed by atoms with Crippen LogP contribution in [0.4, 0.5) is 5.82 Å². The Balaban J connectivity index is 0.00000121. The lowest BCUT2D eigenvalue weighted by Gasteiger charge is -2.22. The first-order valence-corrected chi connectivity index (χ1v) is 8.16. The summed E-state index contributed by atoms with van der Waals surface area (Å²) in [5, 5.41) is 5.98. The molecule has 0 aliphatic carbocycles. The number of ether oxygens (including phenoxy) is 2. The maximum absolute atomic E-state index is 12.2. The van der Waals surface area contributed by atoms with Crippen molar-refractivity contribution in [1.29, 1.82) is 0 Å². The van der Waals surface area contributed by atoms with E-state index in [1.807, 2.05) is 24.3 Å². The van der Waals surface area contributed by atoms with Crippen LogP contribution in [0.25, 0.3) is 11.3 Å². The van der Waals surface area contributed by atoms with Crippen molar-refractivity contribution in [1.82, 2.24) is 10.3 Å². The Hall–Kier alpha value is -1.86. The summed E-state index contributed by atoms with van der Waals surface area (Å²) in [4.78, 5) is 16.8. The molecule has 1 unspecified atom stereocenters. The number of benzene rings is 1. The average molecular weight is 398 g/mol. The van der Waals surface area contributed by atoms with Crippen molar-refractivity contribution in [2.75, 3.05) is 31.6 Å². The van der Waals surface area contributed by atoms with Crippen molar-refractivity contribution in [2.45, 2.75) is 12.5 Å². The van der Waals surface area contributed by atoms with Crippen LogP contribution in [0, 0.1) is 0 Å². The average Bonchev–Trinajstić information content (AvgIpc) is 3.10. The molecule has 6 nitrogen and oxygen atoms in total. The molecule has 3 heterocycles. The predicted octanol–water partition coefficient (Wildman–Crippen LogP) is 2.45. The van der Waals surface area contributed by atoms with Gasteiger partial charge in [0.25, 0.3) is 5.91 Å². The van der Waals surface area contributed by atoms with Crippen molar-refractivity contribution in [2.24, 2.45) is 0 Å². The lowest BCUT2D eigenvalue weighted by atomic mass is 10.1. The Morgan fingerprint density at radius 2 is 2.08 bits per heavy atom. The van der Waals surface area contributed by atoms with Crippen LogP contribution in [0.15, 0.2) is 36.4 Å². The number of anilines is 1. The number of nitrogens with zero attached hydrogens (tertiary/aromatic N) is 1. The number of carbonyl (C=O) groups is 1. The monoisotopic (exact) mass is 397 g/mol. The Morgan fingerprint density at radius 3 is 2.88 bits per heavy atom. The molecule has 2 N–H and O–H groups in total. The van der Waals surface area contributed by atoms with E-state index in [0.29, 0.717) is 19.0 Å². The zero-order valence-electron chi connectivity index (χ0n) is 14.1. The van der Waals surface area contributed by atoms with Gasteiger partial charge in [-0.25, -0.2) is 4.98 Å². The Bertz CT molecular complexity index is 767. The normalized spacial score (nSPS) is 17.9. The number of pyridine rings is 1. The summed E-state index contributed by atoms with van der Waals surface area (Å²) in [6.45, 7) is 2.58. The lowest BCUT2D eigenvalue weighted by Crippen LogP contribution is -2.45. The molecule has 4 rings (SSSR count). The third kappa shape index (κ3) is 4.45. The van der Waals surface area contributed by atoms with Crippen molar-refractivity contribution in [3.05, 3.63) is 42.0 Å². The van der Waals surface area contributed by atoms with E-state index in [2.05, 4.69) is 21.7 Å². The highest BCUT2D eigenvalue weighted by Gasteiger charge is 2.22. The molecule has 2 aromatic rings. The van der Waals surface area contributed by atoms with Crippen LogP contribution in [-0.2, 0) is 16.0 Å². The first-order valence-electron chi connectivity index (χ1n) is 8.16. The molecule has 1 fully saturated rings. The summed E-state index contributed by atoms with van der Waals surface area (Å²) in [7, 11) is 0. The van der Waals surface area contributed by atoms with Crippen molar-refractivity contribution >= 4 is 36.5 Å². The highest BCUT2D eigenvalue weighted by Crippen LogP contribution is 2.30. The molecule has 1 amide bonds. The van der Waals surface area contributed by atoms with E-state index in [1.54, 1.807) is 6.07 Å². The number of amides is 1. The minimum absolute atomic E-state index is 0. The van der Waals surface area contributed by atoms with Crippen molar-refractivity contribution in [3.63, 3.8) is 0 Å². The first-order chi connectivity index (χ1) is 11.8. The lowest BCUT2D eigenvalue weighted by molar-refractivity contribution is -0.128. The molecular weight excluding hydrogens is 377 g/mol. The van der Waals surface area contributed by atoms with E-state index >= 15 is 0 Å². The highest BCUT2D eigenvalue weighted by atomic mass is 35.5. The number of morpholine rings is 1. The van der Waals surface area contributed by atoms with Gasteiger partial charge in [-0.2, -0.15) is 0 Å². The van der Waals surface area contributed by atoms with Crippen LogP contribution >= 0.6 is 24.8 Å². The summed E-state index contributed by atoms with van der Waals surface area (Å²) >= 11 is 0. The second-order valence-corrected chi connectivity index (χ2v) is 5.88. The van der Waals surface area contributed by atoms with Gasteiger partial charge in [0.15, 0.2) is 0 Å². The number of hydrogen-bond acceptors (Lipinski definition) is 5. The Labute approximate surface area is 164 Å². The summed E-state index contributed by atoms with van der Waals surface area (Å²) in [5.41, 5.74) is 3.04. The first kappa shape index (κ1) is 20.5. The number of nitrogens with one attached hydrogen (secondary N) is 2. The molecule has 26 heavy (non-hydrogen) atoms. The van der Waals surface area contributed by atoms with Gasteiger partial charge in [0, 0.05) is 25.1 Å². The molecule has 2 aliphatic rings. The quantitative estimate of drug-likeness (QED) is 0.831. The second-order valence-electron chi connectivity index (χ2n) is 5.88. The van der Waals surface area contributed by atoms with E-state index < -0.39 is 6.10 Å². The molecule has 1 saturated heterocycles. The number of aromatic nitrogens is 1. The van der Waals surface area contributed by atoms with Gasteiger partial charge in [0.05, 0.1) is 18.9 Å². The summed E-state index contributed by atoms with van der Waals surface area (Å²) in [6.07, 6.45) is 0.451. The third-order valence-electron chi connectivity index (χ3n) is 4.21. The second kappa shape index (κ2) is 9.19. The van der Waals surface area contributed by atoms with E-state index in [-0.39, 0.29) is 30.7 Å². The van der Waals surface area contributed by atoms with Crippen LogP contribution in [0.3, 0.4) is 0 Å². The van der Waals surface area contributed by atoms with Gasteiger partial charge in [0.1, 0.15) is 17.7 Å². The van der Waals surface area contributed by atoms with Crippen LogP contribution in [0.1, 0.15) is 5.56 Å². The van der Waals surface area contributed by atoms with E-state index in [0.717, 1.165) is 36.6 Å². The van der Waals surface area contributed by atoms with Crippen molar-refractivity contribution in [3.8, 4) is 17.0 Å². The number of carbonyl (C=O) groups excluding carboxylic acids is 1. The van der Waals surface area contributed by atoms with Gasteiger partial charge in [-0.3, -0.25) is 4.79 Å². The molecule has 0 radical (unpaired) electrons. The summed E-state index contributed by atoms with van der Waals surface area (Å²) in [5.74, 6) is 1.31. The maximum atomic E-state index is 12.2. The van der Waals surface area contributed by atoms with E-state index in [1.165, 1.54) is 5.56 Å². The zero-order chi connectivity index (χ0) is 16.4. The SMILES string of the molecule is Cl.Cl.O=C(Nc1cccc(-c2ccc3c(c2)CCO3)n1)C1CNCCO1. The standard InChI is InChI=1S/C18H19N3O3.2ClH/c22-18(16-11-19-7-9-24-16)21-17-3-1-2-14(20-17)12-4-5-15-13(10-12)6-8-23-15;;/h1-5,10,16,19H,6-9,11H2,(H,20,21,22);2*1H. The third-order valence-corrected chi connectivity index (χ3v) is 4.21. The zero-order valence-corrected chi connectivity index (χ0v) is 15.7. The van der Waals surface area contributed by atoms with Gasteiger partial charge >= 0.3 is 0 Å². The molecule has 0 bridgehead atoms. The largest absolute Gasteiger partial charge is 0.493 e. The molecule has 0 saturated carbocycles. The number of hydrogen-bond donors (Lipinski definition) is 2. The van der Waals surface area contributed by atoms with Gasteiger partial charge in [-0.1, -0.05) is 6.07 Å². The predicted molar refractivity (Wildman–Crippen MR) is 105 cm³/mol.